The molecular formula is C18H17N3O3S. The lowest BCUT2D eigenvalue weighted by atomic mass is 10.2. The number of carbonyl (C=O) groups excluding carboxylic acids is 1. The Morgan fingerprint density at radius 3 is 2.48 bits per heavy atom. The molecule has 3 rings (SSSR count). The Hall–Kier alpha value is -3.06. The van der Waals surface area contributed by atoms with Gasteiger partial charge in [-0.3, -0.25) is 4.79 Å². The summed E-state index contributed by atoms with van der Waals surface area (Å²) in [4.78, 5) is 16.7. The standard InChI is InChI=1S/C18H17N3O3S/c1-23-15-9-8-13(10-16(15)24-2)19-17(22)14-11-25-18(21-14)20-12-6-4-3-5-7-12/h3-11H,1-2H3,(H,19,22)(H,20,21). The summed E-state index contributed by atoms with van der Waals surface area (Å²) < 4.78 is 10.4. The molecule has 0 atom stereocenters. The second-order valence-corrected chi connectivity index (χ2v) is 5.91. The zero-order valence-electron chi connectivity index (χ0n) is 13.8. The molecule has 2 N–H and O–H groups in total. The molecule has 0 spiro atoms. The van der Waals surface area contributed by atoms with Crippen molar-refractivity contribution in [2.24, 2.45) is 0 Å². The number of thiazole rings is 1. The molecule has 0 bridgehead atoms. The van der Waals surface area contributed by atoms with E-state index in [1.54, 1.807) is 37.8 Å². The van der Waals surface area contributed by atoms with Crippen LogP contribution < -0.4 is 20.1 Å². The first-order chi connectivity index (χ1) is 12.2. The smallest absolute Gasteiger partial charge is 0.275 e. The van der Waals surface area contributed by atoms with Gasteiger partial charge < -0.3 is 20.1 Å². The van der Waals surface area contributed by atoms with Crippen LogP contribution in [0.15, 0.2) is 53.9 Å². The maximum absolute atomic E-state index is 12.4. The third kappa shape index (κ3) is 4.07. The molecule has 0 radical (unpaired) electrons. The van der Waals surface area contributed by atoms with Crippen LogP contribution in [-0.2, 0) is 0 Å². The van der Waals surface area contributed by atoms with E-state index in [9.17, 15) is 4.79 Å². The normalized spacial score (nSPS) is 10.2. The first kappa shape index (κ1) is 16.8. The quantitative estimate of drug-likeness (QED) is 0.695. The molecule has 7 heteroatoms. The Labute approximate surface area is 149 Å². The van der Waals surface area contributed by atoms with Crippen molar-refractivity contribution in [2.45, 2.75) is 0 Å². The number of nitrogens with zero attached hydrogens (tertiary/aromatic N) is 1. The lowest BCUT2D eigenvalue weighted by molar-refractivity contribution is 0.102. The van der Waals surface area contributed by atoms with Crippen molar-refractivity contribution >= 4 is 33.8 Å². The molecule has 0 unspecified atom stereocenters. The third-order valence-electron chi connectivity index (χ3n) is 3.40. The van der Waals surface area contributed by atoms with E-state index >= 15 is 0 Å². The Morgan fingerprint density at radius 2 is 1.76 bits per heavy atom. The van der Waals surface area contributed by atoms with Crippen LogP contribution in [0.1, 0.15) is 10.5 Å². The molecule has 0 fully saturated rings. The molecule has 1 heterocycles. The number of para-hydroxylation sites is 1. The van der Waals surface area contributed by atoms with Crippen LogP contribution in [0.2, 0.25) is 0 Å². The number of aromatic nitrogens is 1. The highest BCUT2D eigenvalue weighted by atomic mass is 32.1. The minimum Gasteiger partial charge on any atom is -0.493 e. The summed E-state index contributed by atoms with van der Waals surface area (Å²) in [6.07, 6.45) is 0. The van der Waals surface area contributed by atoms with Gasteiger partial charge in [-0.2, -0.15) is 0 Å². The fraction of sp³-hybridized carbons (Fsp3) is 0.111. The summed E-state index contributed by atoms with van der Waals surface area (Å²) in [7, 11) is 3.11. The molecule has 1 amide bonds. The van der Waals surface area contributed by atoms with E-state index in [4.69, 9.17) is 9.47 Å². The molecule has 3 aromatic rings. The monoisotopic (exact) mass is 355 g/mol. The molecule has 0 aliphatic heterocycles. The van der Waals surface area contributed by atoms with Gasteiger partial charge in [0, 0.05) is 22.8 Å². The van der Waals surface area contributed by atoms with Gasteiger partial charge in [0.05, 0.1) is 14.2 Å². The largest absolute Gasteiger partial charge is 0.493 e. The van der Waals surface area contributed by atoms with E-state index in [-0.39, 0.29) is 5.91 Å². The predicted octanol–water partition coefficient (Wildman–Crippen LogP) is 4.16. The maximum atomic E-state index is 12.4. The van der Waals surface area contributed by atoms with Crippen LogP contribution in [0, 0.1) is 0 Å². The van der Waals surface area contributed by atoms with Gasteiger partial charge in [0.1, 0.15) is 5.69 Å². The van der Waals surface area contributed by atoms with Crippen molar-refractivity contribution in [3.05, 3.63) is 59.6 Å². The molecule has 25 heavy (non-hydrogen) atoms. The summed E-state index contributed by atoms with van der Waals surface area (Å²) in [6.45, 7) is 0. The summed E-state index contributed by atoms with van der Waals surface area (Å²) in [5.41, 5.74) is 1.87. The summed E-state index contributed by atoms with van der Waals surface area (Å²) in [5, 5.41) is 8.34. The Kier molecular flexibility index (Phi) is 5.15. The lowest BCUT2D eigenvalue weighted by Gasteiger charge is -2.10. The number of benzene rings is 2. The zero-order valence-corrected chi connectivity index (χ0v) is 14.6. The first-order valence-corrected chi connectivity index (χ1v) is 8.38. The number of rotatable bonds is 6. The van der Waals surface area contributed by atoms with E-state index in [1.165, 1.54) is 11.3 Å². The fourth-order valence-corrected chi connectivity index (χ4v) is 2.90. The number of methoxy groups -OCH3 is 2. The molecule has 0 saturated carbocycles. The Balaban J connectivity index is 1.70. The topological polar surface area (TPSA) is 72.5 Å². The van der Waals surface area contributed by atoms with Crippen LogP contribution >= 0.6 is 11.3 Å². The molecular weight excluding hydrogens is 338 g/mol. The Morgan fingerprint density at radius 1 is 1.00 bits per heavy atom. The van der Waals surface area contributed by atoms with Gasteiger partial charge in [-0.15, -0.1) is 11.3 Å². The Bertz CT molecular complexity index is 865. The fourth-order valence-electron chi connectivity index (χ4n) is 2.19. The molecule has 0 aliphatic carbocycles. The van der Waals surface area contributed by atoms with Gasteiger partial charge in [-0.05, 0) is 24.3 Å². The minimum absolute atomic E-state index is 0.287. The SMILES string of the molecule is COc1ccc(NC(=O)c2csc(Nc3ccccc3)n2)cc1OC. The van der Waals surface area contributed by atoms with Gasteiger partial charge in [0.25, 0.3) is 5.91 Å². The number of nitrogens with one attached hydrogen (secondary N) is 2. The van der Waals surface area contributed by atoms with Crippen LogP contribution in [0.25, 0.3) is 0 Å². The molecule has 1 aromatic heterocycles. The van der Waals surface area contributed by atoms with Gasteiger partial charge in [0.2, 0.25) is 0 Å². The zero-order chi connectivity index (χ0) is 17.6. The average Bonchev–Trinajstić information content (AvgIpc) is 3.11. The molecule has 128 valence electrons. The van der Waals surface area contributed by atoms with Gasteiger partial charge in [0.15, 0.2) is 16.6 Å². The summed E-state index contributed by atoms with van der Waals surface area (Å²) in [6, 6.07) is 14.9. The molecule has 0 aliphatic rings. The van der Waals surface area contributed by atoms with Crippen molar-refractivity contribution in [2.75, 3.05) is 24.9 Å². The average molecular weight is 355 g/mol. The summed E-state index contributed by atoms with van der Waals surface area (Å²) in [5.74, 6) is 0.859. The molecule has 0 saturated heterocycles. The highest BCUT2D eigenvalue weighted by Crippen LogP contribution is 2.30. The highest BCUT2D eigenvalue weighted by molar-refractivity contribution is 7.14. The van der Waals surface area contributed by atoms with Gasteiger partial charge in [-0.25, -0.2) is 4.98 Å². The third-order valence-corrected chi connectivity index (χ3v) is 4.16. The van der Waals surface area contributed by atoms with Crippen molar-refractivity contribution in [3.8, 4) is 11.5 Å². The number of amides is 1. The number of ether oxygens (including phenoxy) is 2. The maximum Gasteiger partial charge on any atom is 0.275 e. The van der Waals surface area contributed by atoms with Crippen molar-refractivity contribution in [1.29, 1.82) is 0 Å². The predicted molar refractivity (Wildman–Crippen MR) is 99.3 cm³/mol. The van der Waals surface area contributed by atoms with Crippen LogP contribution in [0.4, 0.5) is 16.5 Å². The number of anilines is 3. The molecule has 2 aromatic carbocycles. The van der Waals surface area contributed by atoms with Crippen LogP contribution in [0.3, 0.4) is 0 Å². The minimum atomic E-state index is -0.287. The van der Waals surface area contributed by atoms with Crippen molar-refractivity contribution < 1.29 is 14.3 Å². The van der Waals surface area contributed by atoms with E-state index in [0.717, 1.165) is 5.69 Å². The van der Waals surface area contributed by atoms with Crippen molar-refractivity contribution in [1.82, 2.24) is 4.98 Å². The summed E-state index contributed by atoms with van der Waals surface area (Å²) >= 11 is 1.37. The van der Waals surface area contributed by atoms with Gasteiger partial charge in [-0.1, -0.05) is 18.2 Å². The second-order valence-electron chi connectivity index (χ2n) is 5.05. The van der Waals surface area contributed by atoms with E-state index in [0.29, 0.717) is 28.0 Å². The van der Waals surface area contributed by atoms with Gasteiger partial charge >= 0.3 is 0 Å². The lowest BCUT2D eigenvalue weighted by Crippen LogP contribution is -2.12. The number of hydrogen-bond acceptors (Lipinski definition) is 6. The molecule has 6 nitrogen and oxygen atoms in total. The van der Waals surface area contributed by atoms with Crippen LogP contribution in [0.5, 0.6) is 11.5 Å². The first-order valence-electron chi connectivity index (χ1n) is 7.50. The van der Waals surface area contributed by atoms with Crippen molar-refractivity contribution in [3.63, 3.8) is 0 Å². The second kappa shape index (κ2) is 7.67. The van der Waals surface area contributed by atoms with E-state index < -0.39 is 0 Å². The van der Waals surface area contributed by atoms with E-state index in [1.807, 2.05) is 30.3 Å². The number of hydrogen-bond donors (Lipinski definition) is 2. The highest BCUT2D eigenvalue weighted by Gasteiger charge is 2.13. The number of carbonyl (C=O) groups is 1. The van der Waals surface area contributed by atoms with E-state index in [2.05, 4.69) is 15.6 Å². The van der Waals surface area contributed by atoms with Crippen LogP contribution in [-0.4, -0.2) is 25.1 Å².